The molecule has 0 unspecified atom stereocenters. The van der Waals surface area contributed by atoms with Crippen molar-refractivity contribution in [1.82, 2.24) is 0 Å². The summed E-state index contributed by atoms with van der Waals surface area (Å²) in [5, 5.41) is 29.5. The van der Waals surface area contributed by atoms with Gasteiger partial charge in [0.2, 0.25) is 0 Å². The smallest absolute Gasteiger partial charge is 1.00 e. The molecule has 0 aliphatic carbocycles. The van der Waals surface area contributed by atoms with E-state index in [1.54, 1.807) is 0 Å². The van der Waals surface area contributed by atoms with Gasteiger partial charge in [0.1, 0.15) is 0 Å². The molecular weight excluding hydrogens is 267 g/mol. The molecule has 0 aromatic carbocycles. The van der Waals surface area contributed by atoms with E-state index in [0.29, 0.717) is 0 Å². The molecule has 0 heterocycles. The summed E-state index contributed by atoms with van der Waals surface area (Å²) in [6.45, 7) is 0. The third-order valence-electron chi connectivity index (χ3n) is 0. The van der Waals surface area contributed by atoms with Crippen molar-refractivity contribution in [3.8, 4) is 0 Å². The summed E-state index contributed by atoms with van der Waals surface area (Å²) < 4.78 is 0. The molecule has 14 heteroatoms. The Morgan fingerprint density at radius 3 is 0.714 bits per heavy atom. The first-order valence-electron chi connectivity index (χ1n) is 1.10. The van der Waals surface area contributed by atoms with E-state index in [0.717, 1.165) is 0 Å². The minimum Gasteiger partial charge on any atom is -1.00 e. The van der Waals surface area contributed by atoms with Gasteiger partial charge in [-0.05, 0) is 0 Å². The van der Waals surface area contributed by atoms with Crippen molar-refractivity contribution in [3.05, 3.63) is 30.6 Å². The van der Waals surface area contributed by atoms with Crippen LogP contribution in [0.25, 0.3) is 0 Å². The summed E-state index contributed by atoms with van der Waals surface area (Å²) in [6.07, 6.45) is 0. The molecule has 0 bridgehead atoms. The predicted octanol–water partition coefficient (Wildman–Crippen LogP) is -7.04. The van der Waals surface area contributed by atoms with Crippen molar-refractivity contribution in [3.63, 3.8) is 0 Å². The number of nitrogens with zero attached hydrogens (tertiary/aromatic N) is 2. The Labute approximate surface area is 151 Å². The maximum Gasteiger partial charge on any atom is 2.00 e. The van der Waals surface area contributed by atoms with Crippen LogP contribution in [0.5, 0.6) is 0 Å². The van der Waals surface area contributed by atoms with Gasteiger partial charge in [-0.1, -0.05) is 0 Å². The Morgan fingerprint density at radius 2 is 0.714 bits per heavy atom. The van der Waals surface area contributed by atoms with Gasteiger partial charge in [0.25, 0.3) is 0 Å². The summed E-state index contributed by atoms with van der Waals surface area (Å²) in [5.41, 5.74) is 0. The average Bonchev–Trinajstić information content (AvgIpc) is 1.25. The van der Waals surface area contributed by atoms with E-state index in [2.05, 4.69) is 0 Å². The molecule has 82 valence electrons. The fourth-order valence-corrected chi connectivity index (χ4v) is 0. The van der Waals surface area contributed by atoms with Crippen molar-refractivity contribution in [2.45, 2.75) is 0 Å². The second-order valence-corrected chi connectivity index (χ2v) is 0.447. The number of hydrogen-bond acceptors (Lipinski definition) is 6. The number of hydrogen-bond donors (Lipinski definition) is 0. The van der Waals surface area contributed by atoms with E-state index < -0.39 is 10.2 Å². The normalized spacial score (nSPS) is 3.43. The first-order chi connectivity index (χ1) is 3.46. The fourth-order valence-electron chi connectivity index (χ4n) is 0. The first-order valence-corrected chi connectivity index (χ1v) is 1.10. The predicted molar refractivity (Wildman–Crippen MR) is 42.0 cm³/mol. The SMILES string of the molecule is O.O.O.O.O=[N+]([O-])[O-].O=[N+]([O-])[O-].[Ca+2].[H-].[K+]. The van der Waals surface area contributed by atoms with Crippen LogP contribution in [-0.4, -0.2) is 69.8 Å². The maximum atomic E-state index is 8.25. The third-order valence-corrected chi connectivity index (χ3v) is 0. The van der Waals surface area contributed by atoms with E-state index in [1.165, 1.54) is 0 Å². The molecule has 0 spiro atoms. The van der Waals surface area contributed by atoms with E-state index in [1.807, 2.05) is 0 Å². The van der Waals surface area contributed by atoms with Gasteiger partial charge in [0, 0.05) is 0 Å². The molecule has 14 heavy (non-hydrogen) atoms. The molecule has 12 nitrogen and oxygen atoms in total. The Balaban J connectivity index is -0.00000000468. The van der Waals surface area contributed by atoms with Gasteiger partial charge in [-0.2, -0.15) is 0 Å². The van der Waals surface area contributed by atoms with Crippen LogP contribution in [0.3, 0.4) is 0 Å². The van der Waals surface area contributed by atoms with Crippen LogP contribution in [0.1, 0.15) is 1.43 Å². The Kier molecular flexibility index (Phi) is 203. The van der Waals surface area contributed by atoms with Crippen molar-refractivity contribution in [2.75, 3.05) is 0 Å². The zero-order valence-electron chi connectivity index (χ0n) is 8.05. The molecule has 0 aliphatic heterocycles. The molecular formula is H9CaKN2O10. The van der Waals surface area contributed by atoms with Crippen LogP contribution in [0, 0.1) is 30.6 Å². The van der Waals surface area contributed by atoms with Crippen LogP contribution in [-0.2, 0) is 0 Å². The maximum absolute atomic E-state index is 8.25. The second-order valence-electron chi connectivity index (χ2n) is 0.447. The standard InChI is InChI=1S/Ca.K.2NO3.4H2O.H/c;;2*2-1(3)4;;;;;/h;;;;4*1H2;/q+2;+1;2*-1;;;;;-1. The fraction of sp³-hybridized carbons (Fsp3) is 0. The van der Waals surface area contributed by atoms with Crippen LogP contribution < -0.4 is 51.4 Å². The Morgan fingerprint density at radius 1 is 0.714 bits per heavy atom. The summed E-state index contributed by atoms with van der Waals surface area (Å²) in [4.78, 5) is 16.5. The molecule has 0 aromatic heterocycles. The first kappa shape index (κ1) is 59.4. The van der Waals surface area contributed by atoms with Crippen molar-refractivity contribution in [1.29, 1.82) is 0 Å². The summed E-state index contributed by atoms with van der Waals surface area (Å²) in [5.74, 6) is 0. The van der Waals surface area contributed by atoms with Gasteiger partial charge in [0.15, 0.2) is 0 Å². The van der Waals surface area contributed by atoms with Gasteiger partial charge in [-0.15, -0.1) is 0 Å². The van der Waals surface area contributed by atoms with E-state index in [-0.39, 0.29) is 112 Å². The van der Waals surface area contributed by atoms with Crippen molar-refractivity contribution >= 4 is 37.7 Å². The molecule has 0 aromatic rings. The molecule has 0 aliphatic rings. The molecule has 0 saturated heterocycles. The second kappa shape index (κ2) is 47.9. The van der Waals surface area contributed by atoms with E-state index in [4.69, 9.17) is 30.6 Å². The molecule has 0 radical (unpaired) electrons. The van der Waals surface area contributed by atoms with Crippen molar-refractivity contribution < 1.29 is 84.9 Å². The summed E-state index contributed by atoms with van der Waals surface area (Å²) in [7, 11) is 0. The minimum absolute atomic E-state index is 0. The van der Waals surface area contributed by atoms with Crippen molar-refractivity contribution in [2.24, 2.45) is 0 Å². The molecule has 8 N–H and O–H groups in total. The monoisotopic (exact) mass is 276 g/mol. The van der Waals surface area contributed by atoms with Crippen LogP contribution in [0.2, 0.25) is 0 Å². The van der Waals surface area contributed by atoms with Gasteiger partial charge in [-0.3, -0.25) is 0 Å². The quantitative estimate of drug-likeness (QED) is 0.235. The molecule has 0 fully saturated rings. The van der Waals surface area contributed by atoms with Gasteiger partial charge in [0.05, 0.1) is 10.2 Å². The zero-order valence-corrected chi connectivity index (χ0v) is 12.4. The van der Waals surface area contributed by atoms with E-state index in [9.17, 15) is 0 Å². The molecule has 0 rings (SSSR count). The van der Waals surface area contributed by atoms with Crippen LogP contribution in [0.4, 0.5) is 0 Å². The summed E-state index contributed by atoms with van der Waals surface area (Å²) >= 11 is 0. The summed E-state index contributed by atoms with van der Waals surface area (Å²) in [6, 6.07) is 0. The minimum atomic E-state index is -1.75. The molecule has 0 saturated carbocycles. The van der Waals surface area contributed by atoms with Gasteiger partial charge >= 0.3 is 89.1 Å². The Bertz CT molecular complexity index is 81.4. The van der Waals surface area contributed by atoms with Crippen LogP contribution >= 0.6 is 0 Å². The van der Waals surface area contributed by atoms with Gasteiger partial charge in [-0.25, -0.2) is 0 Å². The third kappa shape index (κ3) is 1500. The Hall–Kier alpha value is 1.14. The zero-order chi connectivity index (χ0) is 7.15. The number of rotatable bonds is 0. The molecule has 0 amide bonds. The topological polar surface area (TPSA) is 258 Å². The average molecular weight is 276 g/mol. The largest absolute Gasteiger partial charge is 2.00 e. The molecule has 0 atom stereocenters. The van der Waals surface area contributed by atoms with E-state index >= 15 is 0 Å². The van der Waals surface area contributed by atoms with Crippen LogP contribution in [0.15, 0.2) is 0 Å². The van der Waals surface area contributed by atoms with Gasteiger partial charge < -0.3 is 54.0 Å².